The minimum Gasteiger partial charge on any atom is -0.335 e. The van der Waals surface area contributed by atoms with Crippen molar-refractivity contribution in [2.24, 2.45) is 0 Å². The van der Waals surface area contributed by atoms with Crippen LogP contribution in [-0.2, 0) is 5.41 Å². The second kappa shape index (κ2) is 8.76. The average molecular weight is 461 g/mol. The van der Waals surface area contributed by atoms with Crippen LogP contribution in [0.4, 0.5) is 28.4 Å². The van der Waals surface area contributed by atoms with Gasteiger partial charge in [0.05, 0.1) is 11.4 Å². The van der Waals surface area contributed by atoms with E-state index in [1.165, 1.54) is 28.3 Å². The van der Waals surface area contributed by atoms with E-state index in [-0.39, 0.29) is 11.0 Å². The molecule has 0 saturated heterocycles. The lowest BCUT2D eigenvalue weighted by atomic mass is 9.87. The molecule has 2 nitrogen and oxygen atoms in total. The van der Waals surface area contributed by atoms with Crippen LogP contribution < -0.4 is 9.80 Å². The molecule has 0 fully saturated rings. The van der Waals surface area contributed by atoms with Crippen molar-refractivity contribution in [1.82, 2.24) is 0 Å². The second-order valence-corrected chi connectivity index (χ2v) is 11.7. The summed E-state index contributed by atoms with van der Waals surface area (Å²) in [6.45, 7) is 13.6. The van der Waals surface area contributed by atoms with Crippen LogP contribution in [0.1, 0.15) is 47.1 Å². The number of benzene rings is 2. The van der Waals surface area contributed by atoms with Crippen LogP contribution in [0.25, 0.3) is 0 Å². The van der Waals surface area contributed by atoms with Gasteiger partial charge in [-0.25, -0.2) is 0 Å². The Balaban J connectivity index is 1.76. The monoisotopic (exact) mass is 460 g/mol. The van der Waals surface area contributed by atoms with Crippen LogP contribution in [-0.4, -0.2) is 5.54 Å². The van der Waals surface area contributed by atoms with Gasteiger partial charge in [-0.15, -0.1) is 0 Å². The van der Waals surface area contributed by atoms with E-state index in [1.54, 1.807) is 22.7 Å². The highest BCUT2D eigenvalue weighted by Crippen LogP contribution is 2.40. The van der Waals surface area contributed by atoms with Gasteiger partial charge in [0.25, 0.3) is 0 Å². The van der Waals surface area contributed by atoms with Crippen molar-refractivity contribution in [2.45, 2.75) is 52.5 Å². The zero-order chi connectivity index (χ0) is 22.9. The molecule has 4 aromatic rings. The summed E-state index contributed by atoms with van der Waals surface area (Å²) in [5.41, 5.74) is 7.41. The Morgan fingerprint density at radius 2 is 1.19 bits per heavy atom. The molecule has 4 heteroatoms. The summed E-state index contributed by atoms with van der Waals surface area (Å²) in [6, 6.07) is 22.3. The maximum atomic E-state index is 2.41. The molecule has 2 aromatic heterocycles. The number of hydrogen-bond donors (Lipinski definition) is 0. The third-order valence-corrected chi connectivity index (χ3v) is 6.88. The maximum absolute atomic E-state index is 2.41. The fourth-order valence-corrected chi connectivity index (χ4v) is 5.24. The van der Waals surface area contributed by atoms with E-state index in [4.69, 9.17) is 0 Å². The van der Waals surface area contributed by atoms with Gasteiger partial charge in [0.15, 0.2) is 0 Å². The number of hydrogen-bond acceptors (Lipinski definition) is 4. The van der Waals surface area contributed by atoms with Crippen molar-refractivity contribution in [2.75, 3.05) is 9.80 Å². The van der Waals surface area contributed by atoms with E-state index in [9.17, 15) is 0 Å². The third-order valence-electron chi connectivity index (χ3n) is 5.54. The summed E-state index contributed by atoms with van der Waals surface area (Å²) in [5, 5.41) is 8.71. The SMILES string of the molecule is CC(C)(C)c1cccc(N(c2ccc(N(c3ccsc3)C(C)(C)C)cc2)c2ccsc2)c1. The van der Waals surface area contributed by atoms with Gasteiger partial charge in [-0.1, -0.05) is 32.9 Å². The second-order valence-electron chi connectivity index (χ2n) is 10.1. The Hall–Kier alpha value is -2.56. The zero-order valence-electron chi connectivity index (χ0n) is 19.8. The maximum Gasteiger partial charge on any atom is 0.0568 e. The fraction of sp³-hybridized carbons (Fsp3) is 0.286. The number of anilines is 5. The molecule has 2 heterocycles. The molecule has 0 N–H and O–H groups in total. The molecule has 0 aliphatic rings. The Labute approximate surface area is 200 Å². The van der Waals surface area contributed by atoms with Crippen molar-refractivity contribution in [3.05, 3.63) is 87.7 Å². The first kappa shape index (κ1) is 22.6. The van der Waals surface area contributed by atoms with Crippen LogP contribution in [0.5, 0.6) is 0 Å². The topological polar surface area (TPSA) is 6.48 Å². The minimum atomic E-state index is -0.0172. The van der Waals surface area contributed by atoms with Gasteiger partial charge in [-0.3, -0.25) is 0 Å². The van der Waals surface area contributed by atoms with Gasteiger partial charge in [0.2, 0.25) is 0 Å². The molecule has 166 valence electrons. The van der Waals surface area contributed by atoms with Crippen molar-refractivity contribution >= 4 is 51.1 Å². The van der Waals surface area contributed by atoms with E-state index < -0.39 is 0 Å². The summed E-state index contributed by atoms with van der Waals surface area (Å²) < 4.78 is 0. The summed E-state index contributed by atoms with van der Waals surface area (Å²) in [5.74, 6) is 0. The lowest BCUT2D eigenvalue weighted by Crippen LogP contribution is -2.37. The average Bonchev–Trinajstić information content (AvgIpc) is 3.43. The minimum absolute atomic E-state index is 0.0172. The Morgan fingerprint density at radius 1 is 0.594 bits per heavy atom. The van der Waals surface area contributed by atoms with Crippen LogP contribution in [0, 0.1) is 0 Å². The normalized spacial score (nSPS) is 12.1. The van der Waals surface area contributed by atoms with Gasteiger partial charge in [-0.2, -0.15) is 22.7 Å². The highest BCUT2D eigenvalue weighted by molar-refractivity contribution is 7.08. The van der Waals surface area contributed by atoms with Crippen LogP contribution in [0.2, 0.25) is 0 Å². The van der Waals surface area contributed by atoms with Crippen molar-refractivity contribution in [3.8, 4) is 0 Å². The standard InChI is InChI=1S/C28H32N2S2/c1-27(2,3)21-8-7-9-24(18-21)29(25-14-16-31-19-25)22-10-12-23(13-11-22)30(28(4,5)6)26-15-17-32-20-26/h7-20H,1-6H3. The predicted molar refractivity (Wildman–Crippen MR) is 144 cm³/mol. The molecule has 0 amide bonds. The van der Waals surface area contributed by atoms with E-state index >= 15 is 0 Å². The number of thiophene rings is 2. The van der Waals surface area contributed by atoms with E-state index in [0.717, 1.165) is 5.69 Å². The van der Waals surface area contributed by atoms with Crippen molar-refractivity contribution in [3.63, 3.8) is 0 Å². The van der Waals surface area contributed by atoms with E-state index in [2.05, 4.69) is 134 Å². The quantitative estimate of drug-likeness (QED) is 0.292. The Kier molecular flexibility index (Phi) is 6.19. The van der Waals surface area contributed by atoms with Gasteiger partial charge >= 0.3 is 0 Å². The molecule has 0 saturated carbocycles. The van der Waals surface area contributed by atoms with Gasteiger partial charge < -0.3 is 9.80 Å². The van der Waals surface area contributed by atoms with Crippen molar-refractivity contribution < 1.29 is 0 Å². The largest absolute Gasteiger partial charge is 0.335 e. The molecular formula is C28H32N2S2. The van der Waals surface area contributed by atoms with Crippen molar-refractivity contribution in [1.29, 1.82) is 0 Å². The number of nitrogens with zero attached hydrogens (tertiary/aromatic N) is 2. The molecule has 0 aliphatic carbocycles. The first-order chi connectivity index (χ1) is 15.1. The molecule has 0 bridgehead atoms. The van der Waals surface area contributed by atoms with Gasteiger partial charge in [-0.05, 0) is 91.0 Å². The molecule has 0 unspecified atom stereocenters. The Bertz CT molecular complexity index is 1130. The molecule has 32 heavy (non-hydrogen) atoms. The van der Waals surface area contributed by atoms with Gasteiger partial charge in [0.1, 0.15) is 0 Å². The zero-order valence-corrected chi connectivity index (χ0v) is 21.4. The predicted octanol–water partition coefficient (Wildman–Crippen LogP) is 9.51. The summed E-state index contributed by atoms with van der Waals surface area (Å²) in [4.78, 5) is 4.75. The molecule has 0 spiro atoms. The van der Waals surface area contributed by atoms with Crippen LogP contribution in [0.3, 0.4) is 0 Å². The molecule has 0 aliphatic heterocycles. The smallest absolute Gasteiger partial charge is 0.0568 e. The van der Waals surface area contributed by atoms with E-state index in [0.29, 0.717) is 0 Å². The molecule has 0 radical (unpaired) electrons. The highest BCUT2D eigenvalue weighted by Gasteiger charge is 2.24. The third kappa shape index (κ3) is 4.77. The first-order valence-corrected chi connectivity index (χ1v) is 12.9. The highest BCUT2D eigenvalue weighted by atomic mass is 32.1. The van der Waals surface area contributed by atoms with Crippen LogP contribution in [0.15, 0.2) is 82.2 Å². The molecule has 0 atom stereocenters. The fourth-order valence-electron chi connectivity index (χ4n) is 4.00. The Morgan fingerprint density at radius 3 is 1.72 bits per heavy atom. The molecule has 2 aromatic carbocycles. The molecular weight excluding hydrogens is 428 g/mol. The summed E-state index contributed by atoms with van der Waals surface area (Å²) in [6.07, 6.45) is 0. The first-order valence-electron chi connectivity index (χ1n) is 11.0. The van der Waals surface area contributed by atoms with E-state index in [1.807, 2.05) is 0 Å². The lowest BCUT2D eigenvalue weighted by Gasteiger charge is -2.37. The van der Waals surface area contributed by atoms with Crippen LogP contribution >= 0.6 is 22.7 Å². The summed E-state index contributed by atoms with van der Waals surface area (Å²) >= 11 is 3.46. The summed E-state index contributed by atoms with van der Waals surface area (Å²) in [7, 11) is 0. The van der Waals surface area contributed by atoms with Gasteiger partial charge in [0, 0.05) is 33.4 Å². The number of rotatable bonds is 5. The molecule has 4 rings (SSSR count). The lowest BCUT2D eigenvalue weighted by molar-refractivity contribution is 0.561.